The molecule has 6 heteroatoms. The second-order valence-electron chi connectivity index (χ2n) is 4.86. The molecule has 0 saturated heterocycles. The minimum Gasteiger partial charge on any atom is -0.478 e. The van der Waals surface area contributed by atoms with Crippen molar-refractivity contribution in [2.45, 2.75) is 25.7 Å². The van der Waals surface area contributed by atoms with Gasteiger partial charge >= 0.3 is 5.97 Å². The molecule has 2 rings (SSSR count). The molecule has 5 nitrogen and oxygen atoms in total. The third kappa shape index (κ3) is 2.16. The molecule has 1 aromatic carbocycles. The Balaban J connectivity index is 3.13. The first kappa shape index (κ1) is 14.5. The van der Waals surface area contributed by atoms with Crippen LogP contribution in [0.2, 0.25) is 0 Å². The van der Waals surface area contributed by atoms with Crippen molar-refractivity contribution in [3.8, 4) is 0 Å². The SMILES string of the molecule is Cc1nc2c(S(C)(=O)=O)ccc(C(=O)O)c2c(C)c1C. The lowest BCUT2D eigenvalue weighted by atomic mass is 9.99. The Morgan fingerprint density at radius 3 is 2.25 bits per heavy atom. The normalized spacial score (nSPS) is 11.8. The summed E-state index contributed by atoms with van der Waals surface area (Å²) >= 11 is 0. The third-order valence-electron chi connectivity index (χ3n) is 3.53. The molecule has 0 radical (unpaired) electrons. The zero-order valence-corrected chi connectivity index (χ0v) is 12.5. The average Bonchev–Trinajstić information content (AvgIpc) is 2.33. The second kappa shape index (κ2) is 4.56. The number of sulfone groups is 1. The van der Waals surface area contributed by atoms with Crippen molar-refractivity contribution in [3.63, 3.8) is 0 Å². The van der Waals surface area contributed by atoms with Gasteiger partial charge in [0, 0.05) is 17.3 Å². The maximum atomic E-state index is 11.8. The Morgan fingerprint density at radius 2 is 1.75 bits per heavy atom. The van der Waals surface area contributed by atoms with E-state index >= 15 is 0 Å². The minimum atomic E-state index is -3.47. The Labute approximate surface area is 117 Å². The van der Waals surface area contributed by atoms with Gasteiger partial charge in [-0.3, -0.25) is 4.98 Å². The smallest absolute Gasteiger partial charge is 0.336 e. The van der Waals surface area contributed by atoms with Crippen molar-refractivity contribution in [1.82, 2.24) is 4.98 Å². The van der Waals surface area contributed by atoms with Crippen molar-refractivity contribution in [1.29, 1.82) is 0 Å². The van der Waals surface area contributed by atoms with E-state index < -0.39 is 15.8 Å². The third-order valence-corrected chi connectivity index (χ3v) is 4.66. The van der Waals surface area contributed by atoms with E-state index in [1.54, 1.807) is 13.8 Å². The van der Waals surface area contributed by atoms with Crippen LogP contribution in [0.5, 0.6) is 0 Å². The number of carboxylic acid groups (broad SMARTS) is 1. The summed E-state index contributed by atoms with van der Waals surface area (Å²) in [5.74, 6) is -1.09. The first-order valence-corrected chi connectivity index (χ1v) is 7.87. The zero-order chi connectivity index (χ0) is 15.2. The highest BCUT2D eigenvalue weighted by Crippen LogP contribution is 2.30. The van der Waals surface area contributed by atoms with Gasteiger partial charge in [0.2, 0.25) is 0 Å². The number of aromatic carboxylic acids is 1. The molecule has 0 saturated carbocycles. The summed E-state index contributed by atoms with van der Waals surface area (Å²) in [5, 5.41) is 9.68. The minimum absolute atomic E-state index is 0.0590. The van der Waals surface area contributed by atoms with Gasteiger partial charge in [0.15, 0.2) is 9.84 Å². The Kier molecular flexibility index (Phi) is 3.29. The number of hydrogen-bond donors (Lipinski definition) is 1. The molecule has 1 heterocycles. The molecule has 0 fully saturated rings. The Bertz CT molecular complexity index is 838. The molecule has 106 valence electrons. The van der Waals surface area contributed by atoms with Gasteiger partial charge in [-0.25, -0.2) is 13.2 Å². The highest BCUT2D eigenvalue weighted by molar-refractivity contribution is 7.91. The highest BCUT2D eigenvalue weighted by atomic mass is 32.2. The molecule has 0 unspecified atom stereocenters. The maximum absolute atomic E-state index is 11.8. The number of aromatic nitrogens is 1. The number of hydrogen-bond acceptors (Lipinski definition) is 4. The van der Waals surface area contributed by atoms with E-state index in [1.807, 2.05) is 6.92 Å². The quantitative estimate of drug-likeness (QED) is 0.918. The van der Waals surface area contributed by atoms with Gasteiger partial charge in [0.05, 0.1) is 16.0 Å². The lowest BCUT2D eigenvalue weighted by molar-refractivity contribution is 0.0699. The van der Waals surface area contributed by atoms with Crippen molar-refractivity contribution in [3.05, 3.63) is 34.5 Å². The predicted octanol–water partition coefficient (Wildman–Crippen LogP) is 2.26. The summed E-state index contributed by atoms with van der Waals surface area (Å²) < 4.78 is 23.7. The van der Waals surface area contributed by atoms with Crippen molar-refractivity contribution >= 4 is 26.7 Å². The van der Waals surface area contributed by atoms with Crippen LogP contribution < -0.4 is 0 Å². The van der Waals surface area contributed by atoms with Gasteiger partial charge in [-0.05, 0) is 44.0 Å². The van der Waals surface area contributed by atoms with Gasteiger partial charge in [-0.1, -0.05) is 0 Å². The van der Waals surface area contributed by atoms with Crippen LogP contribution in [0.15, 0.2) is 17.0 Å². The van der Waals surface area contributed by atoms with Gasteiger partial charge in [-0.15, -0.1) is 0 Å². The van der Waals surface area contributed by atoms with Crippen LogP contribution in [0.4, 0.5) is 0 Å². The van der Waals surface area contributed by atoms with E-state index in [9.17, 15) is 18.3 Å². The fraction of sp³-hybridized carbons (Fsp3) is 0.286. The van der Waals surface area contributed by atoms with Gasteiger partial charge in [-0.2, -0.15) is 0 Å². The zero-order valence-electron chi connectivity index (χ0n) is 11.7. The predicted molar refractivity (Wildman–Crippen MR) is 76.0 cm³/mol. The molecule has 2 aromatic rings. The monoisotopic (exact) mass is 293 g/mol. The number of carbonyl (C=O) groups is 1. The number of fused-ring (bicyclic) bond motifs is 1. The number of pyridine rings is 1. The van der Waals surface area contributed by atoms with Crippen LogP contribution in [0.1, 0.15) is 27.2 Å². The lowest BCUT2D eigenvalue weighted by Crippen LogP contribution is -2.07. The first-order valence-electron chi connectivity index (χ1n) is 5.98. The molecule has 0 bridgehead atoms. The van der Waals surface area contributed by atoms with E-state index in [-0.39, 0.29) is 16.0 Å². The maximum Gasteiger partial charge on any atom is 0.336 e. The molecule has 1 aromatic heterocycles. The molecule has 0 aliphatic carbocycles. The van der Waals surface area contributed by atoms with Gasteiger partial charge in [0.25, 0.3) is 0 Å². The molecule has 1 N–H and O–H groups in total. The summed E-state index contributed by atoms with van der Waals surface area (Å²) in [6, 6.07) is 2.63. The van der Waals surface area contributed by atoms with Crippen LogP contribution in [0.3, 0.4) is 0 Å². The van der Waals surface area contributed by atoms with Crippen molar-refractivity contribution in [2.75, 3.05) is 6.26 Å². The van der Waals surface area contributed by atoms with Gasteiger partial charge < -0.3 is 5.11 Å². The van der Waals surface area contributed by atoms with Crippen LogP contribution in [0, 0.1) is 20.8 Å². The van der Waals surface area contributed by atoms with E-state index in [2.05, 4.69) is 4.98 Å². The standard InChI is InChI=1S/C14H15NO4S/c1-7-8(2)12-10(14(16)17)5-6-11(20(4,18)19)13(12)15-9(7)3/h5-6H,1-4H3,(H,16,17). The van der Waals surface area contributed by atoms with E-state index in [4.69, 9.17) is 0 Å². The van der Waals surface area contributed by atoms with Crippen LogP contribution in [-0.4, -0.2) is 30.7 Å². The molecular formula is C14H15NO4S. The summed E-state index contributed by atoms with van der Waals surface area (Å²) in [7, 11) is -3.47. The lowest BCUT2D eigenvalue weighted by Gasteiger charge is -2.13. The van der Waals surface area contributed by atoms with Crippen LogP contribution in [-0.2, 0) is 9.84 Å². The second-order valence-corrected chi connectivity index (χ2v) is 6.84. The first-order chi connectivity index (χ1) is 9.14. The molecular weight excluding hydrogens is 278 g/mol. The molecule has 0 spiro atoms. The van der Waals surface area contributed by atoms with Gasteiger partial charge in [0.1, 0.15) is 0 Å². The molecule has 0 aliphatic heterocycles. The average molecular weight is 293 g/mol. The Morgan fingerprint density at radius 1 is 1.15 bits per heavy atom. The number of nitrogens with zero attached hydrogens (tertiary/aromatic N) is 1. The molecule has 0 aliphatic rings. The number of rotatable bonds is 2. The van der Waals surface area contributed by atoms with E-state index in [1.165, 1.54) is 12.1 Å². The fourth-order valence-electron chi connectivity index (χ4n) is 2.25. The molecule has 0 amide bonds. The van der Waals surface area contributed by atoms with Crippen molar-refractivity contribution in [2.24, 2.45) is 0 Å². The van der Waals surface area contributed by atoms with E-state index in [0.717, 1.165) is 17.4 Å². The van der Waals surface area contributed by atoms with Crippen molar-refractivity contribution < 1.29 is 18.3 Å². The molecule has 0 atom stereocenters. The topological polar surface area (TPSA) is 84.3 Å². The van der Waals surface area contributed by atoms with Crippen LogP contribution in [0.25, 0.3) is 10.9 Å². The van der Waals surface area contributed by atoms with E-state index in [0.29, 0.717) is 11.1 Å². The number of carboxylic acids is 1. The summed E-state index contributed by atoms with van der Waals surface area (Å²) in [6.45, 7) is 5.40. The number of benzene rings is 1. The highest BCUT2D eigenvalue weighted by Gasteiger charge is 2.21. The van der Waals surface area contributed by atoms with Crippen LogP contribution >= 0.6 is 0 Å². The summed E-state index contributed by atoms with van der Waals surface area (Å²) in [4.78, 5) is 15.7. The largest absolute Gasteiger partial charge is 0.478 e. The number of aryl methyl sites for hydroxylation is 2. The summed E-state index contributed by atoms with van der Waals surface area (Å²) in [6.07, 6.45) is 1.09. The summed E-state index contributed by atoms with van der Waals surface area (Å²) in [5.41, 5.74) is 2.61. The Hall–Kier alpha value is -1.95. The fourth-order valence-corrected chi connectivity index (χ4v) is 3.06. The molecule has 20 heavy (non-hydrogen) atoms.